The van der Waals surface area contributed by atoms with E-state index in [4.69, 9.17) is 0 Å². The van der Waals surface area contributed by atoms with E-state index in [2.05, 4.69) is 4.18 Å². The lowest BCUT2D eigenvalue weighted by Crippen LogP contribution is -2.35. The van der Waals surface area contributed by atoms with Crippen LogP contribution in [0.2, 0.25) is 0 Å². The van der Waals surface area contributed by atoms with Crippen molar-refractivity contribution >= 4 is 22.0 Å². The van der Waals surface area contributed by atoms with Crippen molar-refractivity contribution < 1.29 is 22.2 Å². The standard InChI is InChI=1S/C5H5NO5S/c1-3(7)4-2-5(8)6-12(9,10)11-4/h2H,1H3,(H,6,8). The molecule has 1 aliphatic heterocycles. The minimum atomic E-state index is -4.11. The fourth-order valence-electron chi connectivity index (χ4n) is 0.595. The molecule has 1 N–H and O–H groups in total. The second-order valence-corrected chi connectivity index (χ2v) is 3.35. The van der Waals surface area contributed by atoms with Crippen LogP contribution in [0.4, 0.5) is 0 Å². The van der Waals surface area contributed by atoms with Crippen molar-refractivity contribution in [3.63, 3.8) is 0 Å². The molecule has 66 valence electrons. The Morgan fingerprint density at radius 1 is 1.58 bits per heavy atom. The summed E-state index contributed by atoms with van der Waals surface area (Å²) in [5.41, 5.74) is 0. The van der Waals surface area contributed by atoms with Crippen LogP contribution >= 0.6 is 0 Å². The lowest BCUT2D eigenvalue weighted by atomic mass is 10.3. The summed E-state index contributed by atoms with van der Waals surface area (Å²) in [5.74, 6) is -1.97. The molecule has 0 fully saturated rings. The third kappa shape index (κ3) is 1.82. The predicted molar refractivity (Wildman–Crippen MR) is 36.9 cm³/mol. The summed E-state index contributed by atoms with van der Waals surface area (Å²) in [6.07, 6.45) is 0.781. The minimum Gasteiger partial charge on any atom is -0.363 e. The maximum Gasteiger partial charge on any atom is 0.410 e. The Morgan fingerprint density at radius 2 is 2.17 bits per heavy atom. The number of nitrogens with one attached hydrogen (secondary N) is 1. The van der Waals surface area contributed by atoms with Crippen LogP contribution in [0, 0.1) is 0 Å². The zero-order valence-corrected chi connectivity index (χ0v) is 6.84. The summed E-state index contributed by atoms with van der Waals surface area (Å²) in [7, 11) is -4.11. The first-order chi connectivity index (χ1) is 5.41. The Bertz CT molecular complexity index is 365. The average molecular weight is 191 g/mol. The van der Waals surface area contributed by atoms with Gasteiger partial charge in [0.15, 0.2) is 11.5 Å². The van der Waals surface area contributed by atoms with Crippen LogP contribution in [0.25, 0.3) is 0 Å². The smallest absolute Gasteiger partial charge is 0.363 e. The van der Waals surface area contributed by atoms with Crippen molar-refractivity contribution in [2.45, 2.75) is 6.92 Å². The maximum absolute atomic E-state index is 10.6. The summed E-state index contributed by atoms with van der Waals surface area (Å²) in [4.78, 5) is 21.2. The Morgan fingerprint density at radius 3 is 2.58 bits per heavy atom. The van der Waals surface area contributed by atoms with Crippen LogP contribution < -0.4 is 4.72 Å². The van der Waals surface area contributed by atoms with Crippen molar-refractivity contribution in [3.05, 3.63) is 11.8 Å². The highest BCUT2D eigenvalue weighted by Crippen LogP contribution is 2.08. The van der Waals surface area contributed by atoms with Gasteiger partial charge in [0.2, 0.25) is 0 Å². The number of ketones is 1. The largest absolute Gasteiger partial charge is 0.410 e. The van der Waals surface area contributed by atoms with Crippen molar-refractivity contribution in [1.29, 1.82) is 0 Å². The normalized spacial score (nSPS) is 20.4. The third-order valence-electron chi connectivity index (χ3n) is 1.03. The average Bonchev–Trinajstić information content (AvgIpc) is 1.82. The van der Waals surface area contributed by atoms with Gasteiger partial charge in [-0.3, -0.25) is 9.59 Å². The van der Waals surface area contributed by atoms with Crippen LogP contribution in [0.3, 0.4) is 0 Å². The summed E-state index contributed by atoms with van der Waals surface area (Å²) in [5, 5.41) is 0. The lowest BCUT2D eigenvalue weighted by molar-refractivity contribution is -0.118. The highest BCUT2D eigenvalue weighted by Gasteiger charge is 2.25. The van der Waals surface area contributed by atoms with Gasteiger partial charge in [-0.25, -0.2) is 4.72 Å². The molecule has 1 heterocycles. The molecule has 0 radical (unpaired) electrons. The number of carbonyl (C=O) groups excluding carboxylic acids is 2. The zero-order chi connectivity index (χ0) is 9.35. The van der Waals surface area contributed by atoms with Crippen LogP contribution in [0.5, 0.6) is 0 Å². The molecule has 0 bridgehead atoms. The van der Waals surface area contributed by atoms with E-state index in [-0.39, 0.29) is 0 Å². The highest BCUT2D eigenvalue weighted by atomic mass is 32.2. The monoisotopic (exact) mass is 191 g/mol. The predicted octanol–water partition coefficient (Wildman–Crippen LogP) is -1.15. The second-order valence-electron chi connectivity index (χ2n) is 2.07. The van der Waals surface area contributed by atoms with Gasteiger partial charge in [0, 0.05) is 6.92 Å². The second kappa shape index (κ2) is 2.59. The Balaban J connectivity index is 3.07. The SMILES string of the molecule is CC(=O)C1=CC(=O)NS(=O)(=O)O1. The molecule has 0 saturated heterocycles. The molecule has 0 aliphatic carbocycles. The van der Waals surface area contributed by atoms with E-state index in [1.807, 2.05) is 0 Å². The molecule has 6 nitrogen and oxygen atoms in total. The van der Waals surface area contributed by atoms with Gasteiger partial charge in [-0.15, -0.1) is 0 Å². The van der Waals surface area contributed by atoms with E-state index in [1.54, 1.807) is 0 Å². The summed E-state index contributed by atoms with van der Waals surface area (Å²) < 4.78 is 26.9. The number of allylic oxidation sites excluding steroid dienone is 1. The number of rotatable bonds is 1. The highest BCUT2D eigenvalue weighted by molar-refractivity contribution is 7.85. The van der Waals surface area contributed by atoms with Crippen molar-refractivity contribution in [3.8, 4) is 0 Å². The lowest BCUT2D eigenvalue weighted by Gasteiger charge is -2.12. The Kier molecular flexibility index (Phi) is 1.89. The van der Waals surface area contributed by atoms with Gasteiger partial charge in [-0.05, 0) is 0 Å². The molecular weight excluding hydrogens is 186 g/mol. The molecule has 0 saturated carbocycles. The fraction of sp³-hybridized carbons (Fsp3) is 0.200. The first-order valence-corrected chi connectivity index (χ1v) is 4.30. The first-order valence-electron chi connectivity index (χ1n) is 2.89. The van der Waals surface area contributed by atoms with Crippen molar-refractivity contribution in [2.75, 3.05) is 0 Å². The van der Waals surface area contributed by atoms with Gasteiger partial charge >= 0.3 is 10.3 Å². The van der Waals surface area contributed by atoms with E-state index < -0.39 is 27.8 Å². The Hall–Kier alpha value is -1.37. The zero-order valence-electron chi connectivity index (χ0n) is 6.03. The molecule has 1 rings (SSSR count). The van der Waals surface area contributed by atoms with Crippen LogP contribution in [0.15, 0.2) is 11.8 Å². The molecule has 0 unspecified atom stereocenters. The molecule has 12 heavy (non-hydrogen) atoms. The molecule has 1 aliphatic rings. The molecule has 0 atom stereocenters. The molecule has 1 amide bonds. The van der Waals surface area contributed by atoms with E-state index in [1.165, 1.54) is 4.72 Å². The van der Waals surface area contributed by atoms with E-state index in [0.29, 0.717) is 0 Å². The van der Waals surface area contributed by atoms with Crippen molar-refractivity contribution in [2.24, 2.45) is 0 Å². The van der Waals surface area contributed by atoms with Gasteiger partial charge in [0.1, 0.15) is 0 Å². The maximum atomic E-state index is 10.6. The molecular formula is C5H5NO5S. The van der Waals surface area contributed by atoms with Crippen LogP contribution in [-0.2, 0) is 24.1 Å². The quantitative estimate of drug-likeness (QED) is 0.565. The van der Waals surface area contributed by atoms with Gasteiger partial charge in [0.05, 0.1) is 6.08 Å². The van der Waals surface area contributed by atoms with E-state index >= 15 is 0 Å². The fourth-order valence-corrected chi connectivity index (χ4v) is 1.34. The van der Waals surface area contributed by atoms with Gasteiger partial charge in [0.25, 0.3) is 5.91 Å². The number of hydrogen-bond acceptors (Lipinski definition) is 5. The van der Waals surface area contributed by atoms with Gasteiger partial charge in [-0.1, -0.05) is 0 Å². The molecule has 0 aromatic rings. The first kappa shape index (κ1) is 8.72. The number of hydrogen-bond donors (Lipinski definition) is 1. The Labute approximate surface area is 68.5 Å². The van der Waals surface area contributed by atoms with Gasteiger partial charge < -0.3 is 4.18 Å². The van der Waals surface area contributed by atoms with Crippen LogP contribution in [-0.4, -0.2) is 20.1 Å². The van der Waals surface area contributed by atoms with Crippen molar-refractivity contribution in [1.82, 2.24) is 4.72 Å². The topological polar surface area (TPSA) is 89.5 Å². The number of Topliss-reactive ketones (excluding diaryl/α,β-unsaturated/α-hetero) is 1. The summed E-state index contributed by atoms with van der Waals surface area (Å²) in [6, 6.07) is 0. The summed E-state index contributed by atoms with van der Waals surface area (Å²) in [6.45, 7) is 1.10. The van der Waals surface area contributed by atoms with E-state index in [0.717, 1.165) is 13.0 Å². The number of carbonyl (C=O) groups is 2. The minimum absolute atomic E-state index is 0.473. The molecule has 7 heteroatoms. The molecule has 0 spiro atoms. The van der Waals surface area contributed by atoms with Gasteiger partial charge in [-0.2, -0.15) is 8.42 Å². The summed E-state index contributed by atoms with van der Waals surface area (Å²) >= 11 is 0. The number of amides is 1. The third-order valence-corrected chi connectivity index (χ3v) is 1.88. The molecule has 0 aromatic carbocycles. The van der Waals surface area contributed by atoms with E-state index in [9.17, 15) is 18.0 Å². The van der Waals surface area contributed by atoms with Crippen LogP contribution in [0.1, 0.15) is 6.92 Å². The molecule has 0 aromatic heterocycles.